The molecule has 2 fully saturated rings. The Kier molecular flexibility index (Phi) is 6.31. The quantitative estimate of drug-likeness (QED) is 0.419. The molecule has 4 aromatic heterocycles. The van der Waals surface area contributed by atoms with Gasteiger partial charge in [-0.1, -0.05) is 12.8 Å². The van der Waals surface area contributed by atoms with Gasteiger partial charge in [-0.05, 0) is 55.6 Å². The van der Waals surface area contributed by atoms with Crippen molar-refractivity contribution >= 4 is 33.1 Å². The van der Waals surface area contributed by atoms with Crippen LogP contribution in [0.4, 0.5) is 11.5 Å². The number of pyridine rings is 2. The molecule has 1 saturated heterocycles. The SMILES string of the molecule is CN1CCN(c2ccc(Cc3cc(-c4nc(NC5CCCC5)c5sccc5n4)ccn3)nc2)CC1. The van der Waals surface area contributed by atoms with Crippen molar-refractivity contribution in [2.75, 3.05) is 43.4 Å². The Bertz CT molecular complexity index is 1290. The summed E-state index contributed by atoms with van der Waals surface area (Å²) in [5.41, 5.74) is 5.18. The first-order valence-electron chi connectivity index (χ1n) is 12.6. The second-order valence-corrected chi connectivity index (χ2v) is 10.6. The van der Waals surface area contributed by atoms with Gasteiger partial charge in [0, 0.05) is 61.8 Å². The fourth-order valence-corrected chi connectivity index (χ4v) is 5.81. The van der Waals surface area contributed by atoms with Crippen LogP contribution < -0.4 is 10.2 Å². The molecule has 1 aliphatic heterocycles. The van der Waals surface area contributed by atoms with E-state index in [2.05, 4.69) is 56.8 Å². The smallest absolute Gasteiger partial charge is 0.162 e. The second-order valence-electron chi connectivity index (χ2n) is 9.67. The van der Waals surface area contributed by atoms with E-state index in [4.69, 9.17) is 15.0 Å². The molecule has 0 radical (unpaired) electrons. The lowest BCUT2D eigenvalue weighted by Gasteiger charge is -2.33. The minimum absolute atomic E-state index is 0.510. The normalized spacial score (nSPS) is 17.3. The highest BCUT2D eigenvalue weighted by molar-refractivity contribution is 7.17. The average molecular weight is 486 g/mol. The van der Waals surface area contributed by atoms with Crippen LogP contribution >= 0.6 is 11.3 Å². The van der Waals surface area contributed by atoms with Gasteiger partial charge in [0.2, 0.25) is 0 Å². The lowest BCUT2D eigenvalue weighted by atomic mass is 10.1. The summed E-state index contributed by atoms with van der Waals surface area (Å²) in [6, 6.07) is 11.0. The monoisotopic (exact) mass is 485 g/mol. The number of fused-ring (bicyclic) bond motifs is 1. The van der Waals surface area contributed by atoms with Crippen molar-refractivity contribution in [2.45, 2.75) is 38.1 Å². The van der Waals surface area contributed by atoms with Crippen molar-refractivity contribution in [1.29, 1.82) is 0 Å². The van der Waals surface area contributed by atoms with Crippen LogP contribution in [-0.4, -0.2) is 64.1 Å². The number of hydrogen-bond donors (Lipinski definition) is 1. The van der Waals surface area contributed by atoms with Gasteiger partial charge in [-0.25, -0.2) is 9.97 Å². The molecule has 1 saturated carbocycles. The number of thiophene rings is 1. The Morgan fingerprint density at radius 2 is 1.83 bits per heavy atom. The second kappa shape index (κ2) is 9.87. The molecular formula is C27H31N7S. The molecule has 1 N–H and O–H groups in total. The van der Waals surface area contributed by atoms with Gasteiger partial charge in [0.05, 0.1) is 22.1 Å². The molecule has 1 aliphatic carbocycles. The summed E-state index contributed by atoms with van der Waals surface area (Å²) in [5, 5.41) is 5.79. The standard InChI is InChI=1S/C27H31N7S/c1-33-11-13-34(14-12-33)23-7-6-21(29-18-23)17-22-16-19(8-10-28-22)26-31-24-9-15-35-25(24)27(32-26)30-20-4-2-3-5-20/h6-10,15-16,18,20H,2-5,11-14,17H2,1H3,(H,30,31,32). The minimum Gasteiger partial charge on any atom is -0.368 e. The summed E-state index contributed by atoms with van der Waals surface area (Å²) in [5.74, 6) is 1.71. The number of rotatable bonds is 6. The number of hydrogen-bond acceptors (Lipinski definition) is 8. The van der Waals surface area contributed by atoms with Crippen LogP contribution in [0.5, 0.6) is 0 Å². The van der Waals surface area contributed by atoms with Gasteiger partial charge < -0.3 is 15.1 Å². The Labute approximate surface area is 210 Å². The first-order valence-corrected chi connectivity index (χ1v) is 13.4. The van der Waals surface area contributed by atoms with E-state index in [9.17, 15) is 0 Å². The molecule has 35 heavy (non-hydrogen) atoms. The number of aromatic nitrogens is 4. The zero-order valence-corrected chi connectivity index (χ0v) is 21.0. The Hall–Kier alpha value is -3.10. The molecule has 0 amide bonds. The Balaban J connectivity index is 1.21. The van der Waals surface area contributed by atoms with Crippen LogP contribution in [0.15, 0.2) is 48.1 Å². The Morgan fingerprint density at radius 1 is 0.971 bits per heavy atom. The van der Waals surface area contributed by atoms with E-state index < -0.39 is 0 Å². The number of nitrogens with one attached hydrogen (secondary N) is 1. The van der Waals surface area contributed by atoms with Gasteiger partial charge in [-0.2, -0.15) is 0 Å². The van der Waals surface area contributed by atoms with Crippen molar-refractivity contribution in [3.8, 4) is 11.4 Å². The summed E-state index contributed by atoms with van der Waals surface area (Å²) in [6.45, 7) is 4.28. The first kappa shape index (κ1) is 22.4. The summed E-state index contributed by atoms with van der Waals surface area (Å²) >= 11 is 1.70. The van der Waals surface area contributed by atoms with Crippen molar-refractivity contribution in [3.63, 3.8) is 0 Å². The zero-order chi connectivity index (χ0) is 23.6. The third-order valence-electron chi connectivity index (χ3n) is 7.11. The largest absolute Gasteiger partial charge is 0.368 e. The van der Waals surface area contributed by atoms with Crippen LogP contribution in [0.3, 0.4) is 0 Å². The van der Waals surface area contributed by atoms with Gasteiger partial charge in [0.25, 0.3) is 0 Å². The first-order chi connectivity index (χ1) is 17.2. The van der Waals surface area contributed by atoms with E-state index in [0.29, 0.717) is 12.5 Å². The fraction of sp³-hybridized carbons (Fsp3) is 0.407. The lowest BCUT2D eigenvalue weighted by Crippen LogP contribution is -2.44. The fourth-order valence-electron chi connectivity index (χ4n) is 5.03. The number of likely N-dealkylation sites (N-methyl/N-ethyl adjacent to an activating group) is 1. The number of anilines is 2. The van der Waals surface area contributed by atoms with Gasteiger partial charge >= 0.3 is 0 Å². The molecule has 0 unspecified atom stereocenters. The highest BCUT2D eigenvalue weighted by Crippen LogP contribution is 2.31. The predicted octanol–water partition coefficient (Wildman–Crippen LogP) is 4.85. The molecule has 4 aromatic rings. The molecule has 5 heterocycles. The molecule has 0 aromatic carbocycles. The average Bonchev–Trinajstić information content (AvgIpc) is 3.58. The molecule has 180 valence electrons. The summed E-state index contributed by atoms with van der Waals surface area (Å²) < 4.78 is 1.14. The molecule has 0 atom stereocenters. The molecule has 8 heteroatoms. The van der Waals surface area contributed by atoms with Gasteiger partial charge in [-0.3, -0.25) is 9.97 Å². The van der Waals surface area contributed by atoms with E-state index in [-0.39, 0.29) is 0 Å². The zero-order valence-electron chi connectivity index (χ0n) is 20.2. The van der Waals surface area contributed by atoms with E-state index in [1.54, 1.807) is 11.3 Å². The highest BCUT2D eigenvalue weighted by atomic mass is 32.1. The molecule has 7 nitrogen and oxygen atoms in total. The summed E-state index contributed by atoms with van der Waals surface area (Å²) in [4.78, 5) is 24.0. The van der Waals surface area contributed by atoms with Crippen LogP contribution in [0, 0.1) is 0 Å². The maximum absolute atomic E-state index is 4.96. The Morgan fingerprint density at radius 3 is 2.63 bits per heavy atom. The van der Waals surface area contributed by atoms with Gasteiger partial charge in [-0.15, -0.1) is 11.3 Å². The van der Waals surface area contributed by atoms with Gasteiger partial charge in [0.15, 0.2) is 5.82 Å². The van der Waals surface area contributed by atoms with Gasteiger partial charge in [0.1, 0.15) is 5.82 Å². The third-order valence-corrected chi connectivity index (χ3v) is 8.02. The topological polar surface area (TPSA) is 70.1 Å². The van der Waals surface area contributed by atoms with Crippen LogP contribution in [0.2, 0.25) is 0 Å². The molecule has 6 rings (SSSR count). The molecular weight excluding hydrogens is 454 g/mol. The van der Waals surface area contributed by atoms with E-state index in [1.807, 2.05) is 18.5 Å². The molecule has 0 spiro atoms. The highest BCUT2D eigenvalue weighted by Gasteiger charge is 2.19. The van der Waals surface area contributed by atoms with Crippen LogP contribution in [0.1, 0.15) is 37.1 Å². The summed E-state index contributed by atoms with van der Waals surface area (Å²) in [6.07, 6.45) is 9.55. The van der Waals surface area contributed by atoms with E-state index >= 15 is 0 Å². The van der Waals surface area contributed by atoms with Crippen LogP contribution in [0.25, 0.3) is 21.6 Å². The summed E-state index contributed by atoms with van der Waals surface area (Å²) in [7, 11) is 2.18. The van der Waals surface area contributed by atoms with E-state index in [1.165, 1.54) is 31.4 Å². The maximum atomic E-state index is 4.96. The van der Waals surface area contributed by atoms with Crippen molar-refractivity contribution in [3.05, 3.63) is 59.5 Å². The third kappa shape index (κ3) is 4.99. The number of nitrogens with zero attached hydrogens (tertiary/aromatic N) is 6. The minimum atomic E-state index is 0.510. The molecule has 0 bridgehead atoms. The van der Waals surface area contributed by atoms with E-state index in [0.717, 1.165) is 65.0 Å². The number of piperazine rings is 1. The lowest BCUT2D eigenvalue weighted by molar-refractivity contribution is 0.313. The van der Waals surface area contributed by atoms with Crippen molar-refractivity contribution in [2.24, 2.45) is 0 Å². The predicted molar refractivity (Wildman–Crippen MR) is 143 cm³/mol. The van der Waals surface area contributed by atoms with Crippen molar-refractivity contribution in [1.82, 2.24) is 24.8 Å². The van der Waals surface area contributed by atoms with Crippen LogP contribution in [-0.2, 0) is 6.42 Å². The van der Waals surface area contributed by atoms with Crippen molar-refractivity contribution < 1.29 is 0 Å². The molecule has 2 aliphatic rings. The maximum Gasteiger partial charge on any atom is 0.162 e.